The summed E-state index contributed by atoms with van der Waals surface area (Å²) in [6.45, 7) is 4.47. The van der Waals surface area contributed by atoms with Gasteiger partial charge in [-0.05, 0) is 24.0 Å². The number of hydrogen-bond acceptors (Lipinski definition) is 3. The summed E-state index contributed by atoms with van der Waals surface area (Å²) < 4.78 is 0. The number of carbonyl (C=O) groups excluding carboxylic acids is 1. The highest BCUT2D eigenvalue weighted by Crippen LogP contribution is 2.15. The Bertz CT molecular complexity index is 393. The number of aromatic hydroxyl groups is 1. The van der Waals surface area contributed by atoms with Gasteiger partial charge in [0.2, 0.25) is 5.91 Å². The fourth-order valence-electron chi connectivity index (χ4n) is 1.67. The number of carbonyl (C=O) groups is 1. The topological polar surface area (TPSA) is 75.4 Å². The molecule has 0 heterocycles. The number of nitrogens with one attached hydrogen (secondary N) is 1. The van der Waals surface area contributed by atoms with Crippen molar-refractivity contribution in [2.24, 2.45) is 11.7 Å². The summed E-state index contributed by atoms with van der Waals surface area (Å²) in [6.07, 6.45) is 1.49. The second kappa shape index (κ2) is 7.01. The lowest BCUT2D eigenvalue weighted by Crippen LogP contribution is -2.45. The Labute approximate surface area is 108 Å². The predicted molar refractivity (Wildman–Crippen MR) is 72.3 cm³/mol. The largest absolute Gasteiger partial charge is 0.508 e. The van der Waals surface area contributed by atoms with Crippen LogP contribution in [0.15, 0.2) is 24.3 Å². The number of phenols is 1. The maximum Gasteiger partial charge on any atom is 0.237 e. The molecular formula is C14H22N2O2. The zero-order valence-electron chi connectivity index (χ0n) is 11.0. The van der Waals surface area contributed by atoms with Gasteiger partial charge in [-0.1, -0.05) is 38.5 Å². The molecule has 2 atom stereocenters. The SMILES string of the molecule is CCC(C)[C@H](N)C(=O)NCCc1ccccc1O. The molecule has 0 radical (unpaired) electrons. The van der Waals surface area contributed by atoms with Gasteiger partial charge in [0.1, 0.15) is 5.75 Å². The fourth-order valence-corrected chi connectivity index (χ4v) is 1.67. The van der Waals surface area contributed by atoms with Gasteiger partial charge in [0.05, 0.1) is 6.04 Å². The molecule has 1 rings (SSSR count). The van der Waals surface area contributed by atoms with E-state index in [2.05, 4.69) is 5.32 Å². The minimum absolute atomic E-state index is 0.125. The maximum atomic E-state index is 11.7. The van der Waals surface area contributed by atoms with Crippen molar-refractivity contribution in [1.82, 2.24) is 5.32 Å². The van der Waals surface area contributed by atoms with E-state index in [1.807, 2.05) is 26.0 Å². The second-order valence-corrected chi connectivity index (χ2v) is 4.58. The monoisotopic (exact) mass is 250 g/mol. The van der Waals surface area contributed by atoms with Crippen molar-refractivity contribution in [1.29, 1.82) is 0 Å². The van der Waals surface area contributed by atoms with E-state index in [4.69, 9.17) is 5.73 Å². The Kier molecular flexibility index (Phi) is 5.65. The molecule has 0 aromatic heterocycles. The van der Waals surface area contributed by atoms with E-state index in [0.29, 0.717) is 13.0 Å². The summed E-state index contributed by atoms with van der Waals surface area (Å²) in [5, 5.41) is 12.4. The molecule has 4 N–H and O–H groups in total. The molecule has 0 aliphatic carbocycles. The van der Waals surface area contributed by atoms with Crippen LogP contribution >= 0.6 is 0 Å². The van der Waals surface area contributed by atoms with Crippen LogP contribution in [0, 0.1) is 5.92 Å². The lowest BCUT2D eigenvalue weighted by atomic mass is 9.99. The molecule has 0 aliphatic rings. The number of rotatable bonds is 6. The number of nitrogens with two attached hydrogens (primary N) is 1. The first-order valence-corrected chi connectivity index (χ1v) is 6.36. The third kappa shape index (κ3) is 4.04. The van der Waals surface area contributed by atoms with Crippen LogP contribution in [0.1, 0.15) is 25.8 Å². The van der Waals surface area contributed by atoms with Crippen molar-refractivity contribution < 1.29 is 9.90 Å². The first-order chi connectivity index (χ1) is 8.56. The third-order valence-electron chi connectivity index (χ3n) is 3.24. The summed E-state index contributed by atoms with van der Waals surface area (Å²) >= 11 is 0. The second-order valence-electron chi connectivity index (χ2n) is 4.58. The smallest absolute Gasteiger partial charge is 0.237 e. The van der Waals surface area contributed by atoms with Gasteiger partial charge in [0.15, 0.2) is 0 Å². The minimum Gasteiger partial charge on any atom is -0.508 e. The van der Waals surface area contributed by atoms with Gasteiger partial charge in [0, 0.05) is 6.54 Å². The molecule has 0 saturated heterocycles. The van der Waals surface area contributed by atoms with Crippen molar-refractivity contribution in [2.75, 3.05) is 6.54 Å². The molecule has 0 spiro atoms. The molecule has 18 heavy (non-hydrogen) atoms. The molecule has 0 bridgehead atoms. The summed E-state index contributed by atoms with van der Waals surface area (Å²) in [6, 6.07) is 6.66. The zero-order valence-corrected chi connectivity index (χ0v) is 11.0. The summed E-state index contributed by atoms with van der Waals surface area (Å²) in [5.74, 6) is 0.313. The van der Waals surface area contributed by atoms with E-state index in [1.54, 1.807) is 12.1 Å². The van der Waals surface area contributed by atoms with Gasteiger partial charge in [0.25, 0.3) is 0 Å². The number of benzene rings is 1. The Morgan fingerprint density at radius 2 is 2.11 bits per heavy atom. The van der Waals surface area contributed by atoms with Gasteiger partial charge in [-0.15, -0.1) is 0 Å². The molecule has 1 unspecified atom stereocenters. The average Bonchev–Trinajstić information content (AvgIpc) is 2.39. The summed E-state index contributed by atoms with van der Waals surface area (Å²) in [7, 11) is 0. The quantitative estimate of drug-likeness (QED) is 0.715. The van der Waals surface area contributed by atoms with Crippen LogP contribution in [0.2, 0.25) is 0 Å². The third-order valence-corrected chi connectivity index (χ3v) is 3.24. The van der Waals surface area contributed by atoms with Crippen molar-refractivity contribution >= 4 is 5.91 Å². The van der Waals surface area contributed by atoms with Crippen LogP contribution in [-0.2, 0) is 11.2 Å². The predicted octanol–water partition coefficient (Wildman–Crippen LogP) is 1.42. The van der Waals surface area contributed by atoms with Crippen molar-refractivity contribution in [3.05, 3.63) is 29.8 Å². The first-order valence-electron chi connectivity index (χ1n) is 6.36. The van der Waals surface area contributed by atoms with Gasteiger partial charge in [-0.3, -0.25) is 4.79 Å². The summed E-state index contributed by atoms with van der Waals surface area (Å²) in [5.41, 5.74) is 6.65. The molecule has 0 saturated carbocycles. The zero-order chi connectivity index (χ0) is 13.5. The normalized spacial score (nSPS) is 13.9. The molecule has 4 heteroatoms. The molecular weight excluding hydrogens is 228 g/mol. The van der Waals surface area contributed by atoms with Crippen LogP contribution in [0.5, 0.6) is 5.75 Å². The van der Waals surface area contributed by atoms with Crippen molar-refractivity contribution in [3.8, 4) is 5.75 Å². The molecule has 1 aromatic rings. The molecule has 0 fully saturated rings. The Hall–Kier alpha value is -1.55. The van der Waals surface area contributed by atoms with Gasteiger partial charge in [-0.2, -0.15) is 0 Å². The number of phenolic OH excluding ortho intramolecular Hbond substituents is 1. The molecule has 0 aliphatic heterocycles. The average molecular weight is 250 g/mol. The van der Waals surface area contributed by atoms with Crippen molar-refractivity contribution in [3.63, 3.8) is 0 Å². The standard InChI is InChI=1S/C14H22N2O2/c1-3-10(2)13(15)14(18)16-9-8-11-6-4-5-7-12(11)17/h4-7,10,13,17H,3,8-9,15H2,1-2H3,(H,16,18)/t10?,13-/m0/s1. The van der Waals surface area contributed by atoms with Crippen LogP contribution in [0.25, 0.3) is 0 Å². The van der Waals surface area contributed by atoms with Crippen LogP contribution in [0.4, 0.5) is 0 Å². The van der Waals surface area contributed by atoms with E-state index in [-0.39, 0.29) is 17.6 Å². The summed E-state index contributed by atoms with van der Waals surface area (Å²) in [4.78, 5) is 11.7. The van der Waals surface area contributed by atoms with E-state index in [1.165, 1.54) is 0 Å². The van der Waals surface area contributed by atoms with Gasteiger partial charge in [-0.25, -0.2) is 0 Å². The van der Waals surface area contributed by atoms with Gasteiger partial charge < -0.3 is 16.2 Å². The molecule has 1 aromatic carbocycles. The lowest BCUT2D eigenvalue weighted by Gasteiger charge is -2.17. The van der Waals surface area contributed by atoms with Crippen LogP contribution in [-0.4, -0.2) is 23.6 Å². The number of hydrogen-bond donors (Lipinski definition) is 3. The highest BCUT2D eigenvalue weighted by molar-refractivity contribution is 5.81. The Morgan fingerprint density at radius 1 is 1.44 bits per heavy atom. The lowest BCUT2D eigenvalue weighted by molar-refractivity contribution is -0.123. The van der Waals surface area contributed by atoms with Crippen LogP contribution in [0.3, 0.4) is 0 Å². The van der Waals surface area contributed by atoms with Gasteiger partial charge >= 0.3 is 0 Å². The Morgan fingerprint density at radius 3 is 2.72 bits per heavy atom. The van der Waals surface area contributed by atoms with Crippen molar-refractivity contribution in [2.45, 2.75) is 32.7 Å². The first kappa shape index (κ1) is 14.5. The molecule has 4 nitrogen and oxygen atoms in total. The molecule has 100 valence electrons. The van der Waals surface area contributed by atoms with E-state index < -0.39 is 6.04 Å². The molecule has 1 amide bonds. The highest BCUT2D eigenvalue weighted by Gasteiger charge is 2.18. The van der Waals surface area contributed by atoms with E-state index >= 15 is 0 Å². The Balaban J connectivity index is 2.38. The number of para-hydroxylation sites is 1. The fraction of sp³-hybridized carbons (Fsp3) is 0.500. The number of amides is 1. The van der Waals surface area contributed by atoms with Crippen LogP contribution < -0.4 is 11.1 Å². The highest BCUT2D eigenvalue weighted by atomic mass is 16.3. The van der Waals surface area contributed by atoms with E-state index in [0.717, 1.165) is 12.0 Å². The van der Waals surface area contributed by atoms with E-state index in [9.17, 15) is 9.90 Å². The minimum atomic E-state index is -0.459. The maximum absolute atomic E-state index is 11.7.